The SMILES string of the molecule is CC(N)C(C)C(=O)N1C(C(=O)O)CSC1C1CC1. The number of hydrogen-bond acceptors (Lipinski definition) is 4. The Morgan fingerprint density at radius 3 is 2.44 bits per heavy atom. The molecule has 3 N–H and O–H groups in total. The van der Waals surface area contributed by atoms with Crippen molar-refractivity contribution in [1.29, 1.82) is 0 Å². The van der Waals surface area contributed by atoms with Crippen LogP contribution in [0.2, 0.25) is 0 Å². The fourth-order valence-corrected chi connectivity index (χ4v) is 3.84. The average Bonchev–Trinajstić information content (AvgIpc) is 3.05. The van der Waals surface area contributed by atoms with E-state index in [1.54, 1.807) is 30.5 Å². The van der Waals surface area contributed by atoms with Gasteiger partial charge in [-0.3, -0.25) is 4.79 Å². The molecule has 2 aliphatic rings. The zero-order valence-electron chi connectivity index (χ0n) is 10.7. The molecule has 1 amide bonds. The van der Waals surface area contributed by atoms with Crippen molar-refractivity contribution in [1.82, 2.24) is 4.90 Å². The van der Waals surface area contributed by atoms with Crippen molar-refractivity contribution in [2.75, 3.05) is 5.75 Å². The maximum Gasteiger partial charge on any atom is 0.327 e. The molecule has 4 atom stereocenters. The highest BCUT2D eigenvalue weighted by molar-refractivity contribution is 8.00. The second-order valence-electron chi connectivity index (χ2n) is 5.31. The van der Waals surface area contributed by atoms with Crippen LogP contribution in [0.1, 0.15) is 26.7 Å². The highest BCUT2D eigenvalue weighted by Gasteiger charge is 2.48. The quantitative estimate of drug-likeness (QED) is 0.788. The molecule has 1 saturated carbocycles. The first-order chi connectivity index (χ1) is 8.43. The summed E-state index contributed by atoms with van der Waals surface area (Å²) in [6.07, 6.45) is 2.20. The monoisotopic (exact) mass is 272 g/mol. The van der Waals surface area contributed by atoms with Crippen molar-refractivity contribution in [2.24, 2.45) is 17.6 Å². The van der Waals surface area contributed by atoms with Gasteiger partial charge >= 0.3 is 5.97 Å². The largest absolute Gasteiger partial charge is 0.480 e. The van der Waals surface area contributed by atoms with E-state index in [2.05, 4.69) is 0 Å². The minimum absolute atomic E-state index is 0.0415. The van der Waals surface area contributed by atoms with Crippen LogP contribution in [0.15, 0.2) is 0 Å². The zero-order chi connectivity index (χ0) is 13.4. The lowest BCUT2D eigenvalue weighted by Crippen LogP contribution is -2.50. The standard InChI is InChI=1S/C12H20N2O3S/c1-6(7(2)13)10(15)14-9(12(16)17)5-18-11(14)8-3-4-8/h6-9,11H,3-5,13H2,1-2H3,(H,16,17). The number of carbonyl (C=O) groups is 2. The number of carboxylic acids is 1. The first-order valence-corrected chi connectivity index (χ1v) is 7.40. The van der Waals surface area contributed by atoms with E-state index in [4.69, 9.17) is 5.73 Å². The lowest BCUT2D eigenvalue weighted by molar-refractivity contribution is -0.151. The van der Waals surface area contributed by atoms with Crippen LogP contribution in [0, 0.1) is 11.8 Å². The van der Waals surface area contributed by atoms with Crippen molar-refractivity contribution in [2.45, 2.75) is 44.1 Å². The smallest absolute Gasteiger partial charge is 0.327 e. The molecule has 0 radical (unpaired) electrons. The number of nitrogens with two attached hydrogens (primary N) is 1. The van der Waals surface area contributed by atoms with Gasteiger partial charge in [0.05, 0.1) is 11.3 Å². The van der Waals surface area contributed by atoms with Crippen LogP contribution in [-0.2, 0) is 9.59 Å². The van der Waals surface area contributed by atoms with Gasteiger partial charge in [-0.15, -0.1) is 11.8 Å². The molecule has 1 aliphatic heterocycles. The Morgan fingerprint density at radius 2 is 2.00 bits per heavy atom. The maximum absolute atomic E-state index is 12.4. The third-order valence-electron chi connectivity index (χ3n) is 3.78. The number of thioether (sulfide) groups is 1. The molecule has 0 spiro atoms. The molecular formula is C12H20N2O3S. The van der Waals surface area contributed by atoms with Crippen LogP contribution in [0.4, 0.5) is 0 Å². The lowest BCUT2D eigenvalue weighted by atomic mass is 10.0. The van der Waals surface area contributed by atoms with E-state index in [0.29, 0.717) is 11.7 Å². The molecule has 0 aromatic rings. The van der Waals surface area contributed by atoms with Gasteiger partial charge in [-0.25, -0.2) is 4.79 Å². The van der Waals surface area contributed by atoms with Gasteiger partial charge in [-0.1, -0.05) is 6.92 Å². The fraction of sp³-hybridized carbons (Fsp3) is 0.833. The Bertz CT molecular complexity index is 357. The van der Waals surface area contributed by atoms with Crippen LogP contribution in [0.3, 0.4) is 0 Å². The summed E-state index contributed by atoms with van der Waals surface area (Å²) in [6, 6.07) is -0.938. The van der Waals surface area contributed by atoms with Gasteiger partial charge in [0, 0.05) is 11.8 Å². The van der Waals surface area contributed by atoms with Gasteiger partial charge in [0.25, 0.3) is 0 Å². The molecule has 102 valence electrons. The predicted molar refractivity (Wildman–Crippen MR) is 70.1 cm³/mol. The predicted octanol–water partition coefficient (Wildman–Crippen LogP) is 0.734. The third-order valence-corrected chi connectivity index (χ3v) is 5.24. The molecule has 1 heterocycles. The molecular weight excluding hydrogens is 252 g/mol. The summed E-state index contributed by atoms with van der Waals surface area (Å²) >= 11 is 1.60. The van der Waals surface area contributed by atoms with Gasteiger partial charge in [0.1, 0.15) is 6.04 Å². The number of amides is 1. The van der Waals surface area contributed by atoms with Crippen LogP contribution in [0.5, 0.6) is 0 Å². The van der Waals surface area contributed by atoms with E-state index >= 15 is 0 Å². The molecule has 2 fully saturated rings. The summed E-state index contributed by atoms with van der Waals surface area (Å²) in [7, 11) is 0. The van der Waals surface area contributed by atoms with Crippen molar-refractivity contribution in [3.8, 4) is 0 Å². The zero-order valence-corrected chi connectivity index (χ0v) is 11.5. The number of nitrogens with zero attached hydrogens (tertiary/aromatic N) is 1. The molecule has 4 unspecified atom stereocenters. The number of carbonyl (C=O) groups excluding carboxylic acids is 1. The van der Waals surface area contributed by atoms with Gasteiger partial charge in [-0.05, 0) is 25.7 Å². The summed E-state index contributed by atoms with van der Waals surface area (Å²) < 4.78 is 0. The van der Waals surface area contributed by atoms with Crippen LogP contribution < -0.4 is 5.73 Å². The second kappa shape index (κ2) is 5.09. The summed E-state index contributed by atoms with van der Waals surface area (Å²) in [5.74, 6) is -0.376. The van der Waals surface area contributed by atoms with Crippen LogP contribution in [-0.4, -0.2) is 45.1 Å². The Labute approximate surface area is 111 Å². The van der Waals surface area contributed by atoms with Gasteiger partial charge < -0.3 is 15.7 Å². The average molecular weight is 272 g/mol. The van der Waals surface area contributed by atoms with E-state index < -0.39 is 12.0 Å². The van der Waals surface area contributed by atoms with E-state index in [1.807, 2.05) is 0 Å². The molecule has 1 saturated heterocycles. The highest BCUT2D eigenvalue weighted by atomic mass is 32.2. The topological polar surface area (TPSA) is 83.6 Å². The molecule has 1 aliphatic carbocycles. The molecule has 6 heteroatoms. The fourth-order valence-electron chi connectivity index (χ4n) is 2.20. The van der Waals surface area contributed by atoms with Crippen molar-refractivity contribution >= 4 is 23.6 Å². The third kappa shape index (κ3) is 2.49. The van der Waals surface area contributed by atoms with Crippen molar-refractivity contribution in [3.05, 3.63) is 0 Å². The minimum atomic E-state index is -0.907. The van der Waals surface area contributed by atoms with Gasteiger partial charge in [-0.2, -0.15) is 0 Å². The highest BCUT2D eigenvalue weighted by Crippen LogP contribution is 2.45. The van der Waals surface area contributed by atoms with E-state index in [0.717, 1.165) is 12.8 Å². The molecule has 5 nitrogen and oxygen atoms in total. The number of carboxylic acid groups (broad SMARTS) is 1. The molecule has 18 heavy (non-hydrogen) atoms. The Hall–Kier alpha value is -0.750. The maximum atomic E-state index is 12.4. The lowest BCUT2D eigenvalue weighted by Gasteiger charge is -2.31. The second-order valence-corrected chi connectivity index (χ2v) is 6.46. The summed E-state index contributed by atoms with van der Waals surface area (Å²) in [4.78, 5) is 25.3. The normalized spacial score (nSPS) is 31.2. The Kier molecular flexibility index (Phi) is 3.87. The molecule has 0 aromatic carbocycles. The van der Waals surface area contributed by atoms with Crippen LogP contribution >= 0.6 is 11.8 Å². The first kappa shape index (κ1) is 13.7. The van der Waals surface area contributed by atoms with E-state index in [-0.39, 0.29) is 23.2 Å². The van der Waals surface area contributed by atoms with Gasteiger partial charge in [0.2, 0.25) is 5.91 Å². The van der Waals surface area contributed by atoms with Crippen molar-refractivity contribution in [3.63, 3.8) is 0 Å². The van der Waals surface area contributed by atoms with E-state index in [9.17, 15) is 14.7 Å². The molecule has 0 bridgehead atoms. The molecule has 2 rings (SSSR count). The minimum Gasteiger partial charge on any atom is -0.480 e. The number of rotatable bonds is 4. The number of hydrogen-bond donors (Lipinski definition) is 2. The Balaban J connectivity index is 2.17. The first-order valence-electron chi connectivity index (χ1n) is 6.35. The van der Waals surface area contributed by atoms with Crippen LogP contribution in [0.25, 0.3) is 0 Å². The Morgan fingerprint density at radius 1 is 1.39 bits per heavy atom. The van der Waals surface area contributed by atoms with Crippen molar-refractivity contribution < 1.29 is 14.7 Å². The summed E-state index contributed by atoms with van der Waals surface area (Å²) in [5, 5.41) is 9.28. The van der Waals surface area contributed by atoms with Gasteiger partial charge in [0.15, 0.2) is 0 Å². The summed E-state index contributed by atoms with van der Waals surface area (Å²) in [5.41, 5.74) is 5.76. The summed E-state index contributed by atoms with van der Waals surface area (Å²) in [6.45, 7) is 3.56. The number of aliphatic carboxylic acids is 1. The van der Waals surface area contributed by atoms with E-state index in [1.165, 1.54) is 0 Å². The molecule has 0 aromatic heterocycles.